The fourth-order valence-electron chi connectivity index (χ4n) is 2.78. The van der Waals surface area contributed by atoms with E-state index in [9.17, 15) is 14.4 Å². The molecular weight excluding hydrogens is 248 g/mol. The van der Waals surface area contributed by atoms with Crippen LogP contribution in [0, 0.1) is 11.8 Å². The van der Waals surface area contributed by atoms with Crippen molar-refractivity contribution in [3.05, 3.63) is 0 Å². The number of rotatable bonds is 4. The molecule has 3 N–H and O–H groups in total. The number of amides is 2. The number of nitrogens with two attached hydrogens (primary N) is 1. The number of carbonyl (C=O) groups is 3. The Balaban J connectivity index is 1.97. The molecule has 6 heteroatoms. The van der Waals surface area contributed by atoms with Crippen LogP contribution in [0.25, 0.3) is 0 Å². The lowest BCUT2D eigenvalue weighted by Crippen LogP contribution is -2.51. The molecule has 0 unspecified atom stereocenters. The minimum atomic E-state index is -0.739. The van der Waals surface area contributed by atoms with Crippen molar-refractivity contribution in [2.45, 2.75) is 38.1 Å². The Hall–Kier alpha value is -1.43. The van der Waals surface area contributed by atoms with Gasteiger partial charge in [-0.3, -0.25) is 14.4 Å². The van der Waals surface area contributed by atoms with Gasteiger partial charge >= 0.3 is 0 Å². The summed E-state index contributed by atoms with van der Waals surface area (Å²) in [7, 11) is 0. The number of carbonyl (C=O) groups excluding carboxylic acids is 3. The fraction of sp³-hybridized carbons (Fsp3) is 0.769. The Morgan fingerprint density at radius 1 is 1.37 bits per heavy atom. The normalized spacial score (nSPS) is 28.9. The zero-order valence-electron chi connectivity index (χ0n) is 10.9. The first-order chi connectivity index (χ1) is 9.08. The number of hydrogen-bond acceptors (Lipinski definition) is 4. The molecule has 1 saturated heterocycles. The summed E-state index contributed by atoms with van der Waals surface area (Å²) < 4.78 is 5.15. The number of hydrogen-bond donors (Lipinski definition) is 2. The van der Waals surface area contributed by atoms with E-state index in [-0.39, 0.29) is 23.5 Å². The van der Waals surface area contributed by atoms with Crippen molar-refractivity contribution in [3.63, 3.8) is 0 Å². The number of nitrogens with one attached hydrogen (secondary N) is 1. The third-order valence-electron chi connectivity index (χ3n) is 3.90. The van der Waals surface area contributed by atoms with Gasteiger partial charge in [0, 0.05) is 19.4 Å². The predicted octanol–water partition coefficient (Wildman–Crippen LogP) is -0.248. The first-order valence-corrected chi connectivity index (χ1v) is 6.77. The van der Waals surface area contributed by atoms with Crippen molar-refractivity contribution in [2.75, 3.05) is 13.2 Å². The van der Waals surface area contributed by atoms with Gasteiger partial charge in [-0.05, 0) is 25.2 Å². The number of ketones is 1. The number of ether oxygens (including phenoxy) is 1. The van der Waals surface area contributed by atoms with E-state index < -0.39 is 11.9 Å². The van der Waals surface area contributed by atoms with Gasteiger partial charge in [-0.2, -0.15) is 0 Å². The topological polar surface area (TPSA) is 98.5 Å². The Morgan fingerprint density at radius 3 is 2.74 bits per heavy atom. The van der Waals surface area contributed by atoms with Gasteiger partial charge in [0.2, 0.25) is 11.8 Å². The van der Waals surface area contributed by atoms with E-state index in [1.165, 1.54) is 0 Å². The highest BCUT2D eigenvalue weighted by molar-refractivity contribution is 5.89. The van der Waals surface area contributed by atoms with Gasteiger partial charge in [-0.1, -0.05) is 0 Å². The average Bonchev–Trinajstić information content (AvgIpc) is 2.89. The van der Waals surface area contributed by atoms with Crippen LogP contribution in [0.2, 0.25) is 0 Å². The highest BCUT2D eigenvalue weighted by atomic mass is 16.5. The first-order valence-electron chi connectivity index (χ1n) is 6.77. The predicted molar refractivity (Wildman–Crippen MR) is 67.0 cm³/mol. The molecule has 0 bridgehead atoms. The van der Waals surface area contributed by atoms with E-state index in [1.54, 1.807) is 0 Å². The van der Waals surface area contributed by atoms with Gasteiger partial charge < -0.3 is 15.8 Å². The van der Waals surface area contributed by atoms with Crippen molar-refractivity contribution < 1.29 is 19.1 Å². The Kier molecular flexibility index (Phi) is 4.52. The monoisotopic (exact) mass is 268 g/mol. The molecule has 0 aromatic rings. The molecule has 19 heavy (non-hydrogen) atoms. The molecule has 2 amide bonds. The molecule has 1 aliphatic heterocycles. The van der Waals surface area contributed by atoms with Crippen LogP contribution in [0.3, 0.4) is 0 Å². The van der Waals surface area contributed by atoms with Crippen molar-refractivity contribution >= 4 is 17.6 Å². The zero-order chi connectivity index (χ0) is 13.8. The summed E-state index contributed by atoms with van der Waals surface area (Å²) in [6, 6.07) is -0.739. The summed E-state index contributed by atoms with van der Waals surface area (Å²) in [6.07, 6.45) is 3.07. The van der Waals surface area contributed by atoms with Gasteiger partial charge in [0.05, 0.1) is 12.5 Å². The summed E-state index contributed by atoms with van der Waals surface area (Å²) in [5, 5.41) is 2.70. The van der Waals surface area contributed by atoms with E-state index in [0.29, 0.717) is 32.5 Å². The van der Waals surface area contributed by atoms with Crippen LogP contribution in [0.4, 0.5) is 0 Å². The Labute approximate surface area is 112 Å². The first kappa shape index (κ1) is 14.0. The second kappa shape index (κ2) is 6.14. The average molecular weight is 268 g/mol. The lowest BCUT2D eigenvalue weighted by Gasteiger charge is -2.28. The Morgan fingerprint density at radius 2 is 2.16 bits per heavy atom. The minimum Gasteiger partial charge on any atom is -0.381 e. The molecule has 1 aliphatic carbocycles. The SMILES string of the molecule is NC(=O)[C@H](NC(=O)[C@@H]1CCOC1)[C@@H]1CCCC(=O)C1. The molecule has 2 rings (SSSR count). The van der Waals surface area contributed by atoms with Gasteiger partial charge in [-0.15, -0.1) is 0 Å². The molecule has 0 aromatic carbocycles. The lowest BCUT2D eigenvalue weighted by molar-refractivity contribution is -0.132. The van der Waals surface area contributed by atoms with E-state index >= 15 is 0 Å². The summed E-state index contributed by atoms with van der Waals surface area (Å²) >= 11 is 0. The molecule has 1 heterocycles. The van der Waals surface area contributed by atoms with Crippen LogP contribution in [0.5, 0.6) is 0 Å². The van der Waals surface area contributed by atoms with Gasteiger partial charge in [0.15, 0.2) is 0 Å². The number of primary amides is 1. The van der Waals surface area contributed by atoms with Crippen LogP contribution in [-0.2, 0) is 19.1 Å². The van der Waals surface area contributed by atoms with Crippen molar-refractivity contribution in [1.82, 2.24) is 5.32 Å². The van der Waals surface area contributed by atoms with Gasteiger partial charge in [-0.25, -0.2) is 0 Å². The van der Waals surface area contributed by atoms with Gasteiger partial charge in [0.1, 0.15) is 11.8 Å². The standard InChI is InChI=1S/C13H20N2O4/c14-12(17)11(8-2-1-3-10(16)6-8)15-13(18)9-4-5-19-7-9/h8-9,11H,1-7H2,(H2,14,17)(H,15,18)/t8-,9-,11-/m1/s1. The summed E-state index contributed by atoms with van der Waals surface area (Å²) in [5.41, 5.74) is 5.36. The van der Waals surface area contributed by atoms with E-state index in [4.69, 9.17) is 10.5 Å². The van der Waals surface area contributed by atoms with Crippen LogP contribution >= 0.6 is 0 Å². The van der Waals surface area contributed by atoms with E-state index in [0.717, 1.165) is 12.8 Å². The summed E-state index contributed by atoms with van der Waals surface area (Å²) in [5.74, 6) is -0.988. The molecule has 2 fully saturated rings. The van der Waals surface area contributed by atoms with Gasteiger partial charge in [0.25, 0.3) is 0 Å². The third kappa shape index (κ3) is 3.53. The molecule has 2 aliphatic rings. The summed E-state index contributed by atoms with van der Waals surface area (Å²) in [6.45, 7) is 0.960. The fourth-order valence-corrected chi connectivity index (χ4v) is 2.78. The van der Waals surface area contributed by atoms with Crippen molar-refractivity contribution in [3.8, 4) is 0 Å². The smallest absolute Gasteiger partial charge is 0.240 e. The molecule has 106 valence electrons. The second-order valence-electron chi connectivity index (χ2n) is 5.34. The van der Waals surface area contributed by atoms with Crippen LogP contribution in [-0.4, -0.2) is 36.9 Å². The maximum absolute atomic E-state index is 12.0. The van der Waals surface area contributed by atoms with Crippen LogP contribution < -0.4 is 11.1 Å². The highest BCUT2D eigenvalue weighted by Crippen LogP contribution is 2.25. The molecular formula is C13H20N2O4. The molecule has 3 atom stereocenters. The van der Waals surface area contributed by atoms with E-state index in [2.05, 4.69) is 5.32 Å². The van der Waals surface area contributed by atoms with Crippen LogP contribution in [0.15, 0.2) is 0 Å². The molecule has 1 saturated carbocycles. The third-order valence-corrected chi connectivity index (χ3v) is 3.90. The molecule has 6 nitrogen and oxygen atoms in total. The van der Waals surface area contributed by atoms with Crippen molar-refractivity contribution in [1.29, 1.82) is 0 Å². The lowest BCUT2D eigenvalue weighted by atomic mass is 9.82. The maximum Gasteiger partial charge on any atom is 0.240 e. The second-order valence-corrected chi connectivity index (χ2v) is 5.34. The van der Waals surface area contributed by atoms with E-state index in [1.807, 2.05) is 0 Å². The Bertz CT molecular complexity index is 377. The highest BCUT2D eigenvalue weighted by Gasteiger charge is 2.34. The molecule has 0 radical (unpaired) electrons. The largest absolute Gasteiger partial charge is 0.381 e. The van der Waals surface area contributed by atoms with Crippen LogP contribution in [0.1, 0.15) is 32.1 Å². The molecule has 0 spiro atoms. The number of Topliss-reactive ketones (excluding diaryl/α,β-unsaturated/α-hetero) is 1. The quantitative estimate of drug-likeness (QED) is 0.734. The molecule has 0 aromatic heterocycles. The minimum absolute atomic E-state index is 0.140. The summed E-state index contributed by atoms with van der Waals surface area (Å²) in [4.78, 5) is 35.0. The maximum atomic E-state index is 12.0. The zero-order valence-corrected chi connectivity index (χ0v) is 10.9. The van der Waals surface area contributed by atoms with Crippen molar-refractivity contribution in [2.24, 2.45) is 17.6 Å².